The number of aliphatic hydroxyl groups is 2. The van der Waals surface area contributed by atoms with Gasteiger partial charge in [0.1, 0.15) is 23.7 Å². The van der Waals surface area contributed by atoms with Gasteiger partial charge in [-0.1, -0.05) is 12.1 Å². The van der Waals surface area contributed by atoms with E-state index in [9.17, 15) is 18.6 Å². The molecule has 0 saturated heterocycles. The molecule has 3 heterocycles. The molecule has 0 unspecified atom stereocenters. The van der Waals surface area contributed by atoms with Crippen molar-refractivity contribution < 1.29 is 28.1 Å². The van der Waals surface area contributed by atoms with Gasteiger partial charge in [0.25, 0.3) is 0 Å². The lowest BCUT2D eigenvalue weighted by Gasteiger charge is -2.24. The number of benzene rings is 1. The van der Waals surface area contributed by atoms with Crippen LogP contribution in [0.5, 0.6) is 5.75 Å². The third kappa shape index (κ3) is 6.76. The monoisotopic (exact) mass is 582 g/mol. The fourth-order valence-electron chi connectivity index (χ4n) is 4.33. The van der Waals surface area contributed by atoms with Crippen LogP contribution < -0.4 is 4.74 Å². The Bertz CT molecular complexity index is 1590. The summed E-state index contributed by atoms with van der Waals surface area (Å²) in [4.78, 5) is 12.8. The van der Waals surface area contributed by atoms with Crippen molar-refractivity contribution in [3.8, 4) is 22.8 Å². The fraction of sp³-hybridized carbons (Fsp3) is 0.393. The molecule has 0 amide bonds. The van der Waals surface area contributed by atoms with Crippen molar-refractivity contribution in [2.45, 2.75) is 50.9 Å². The zero-order valence-electron chi connectivity index (χ0n) is 23.6. The van der Waals surface area contributed by atoms with Crippen molar-refractivity contribution in [3.05, 3.63) is 77.4 Å². The lowest BCUT2D eigenvalue weighted by molar-refractivity contribution is -0.0324. The second kappa shape index (κ2) is 12.8. The maximum Gasteiger partial charge on any atom is 0.170 e. The minimum Gasteiger partial charge on any atom is -0.495 e. The van der Waals surface area contributed by atoms with Crippen molar-refractivity contribution in [2.24, 2.45) is 0 Å². The summed E-state index contributed by atoms with van der Waals surface area (Å²) >= 11 is 0. The van der Waals surface area contributed by atoms with Crippen LogP contribution >= 0.6 is 0 Å². The molecule has 0 spiro atoms. The molecule has 13 heteroatoms. The van der Waals surface area contributed by atoms with Gasteiger partial charge in [-0.15, -0.1) is 10.2 Å². The van der Waals surface area contributed by atoms with Gasteiger partial charge in [-0.3, -0.25) is 9.55 Å². The van der Waals surface area contributed by atoms with Crippen LogP contribution in [-0.4, -0.2) is 80.0 Å². The number of para-hydroxylation sites is 1. The van der Waals surface area contributed by atoms with Gasteiger partial charge in [0.05, 0.1) is 31.3 Å². The Hall–Kier alpha value is -3.78. The predicted molar refractivity (Wildman–Crippen MR) is 151 cm³/mol. The fourth-order valence-corrected chi connectivity index (χ4v) is 5.72. The van der Waals surface area contributed by atoms with Crippen LogP contribution in [-0.2, 0) is 20.3 Å². The van der Waals surface area contributed by atoms with Gasteiger partial charge < -0.3 is 19.7 Å². The van der Waals surface area contributed by atoms with E-state index in [1.807, 2.05) is 39.0 Å². The molecule has 0 aliphatic carbocycles. The van der Waals surface area contributed by atoms with Gasteiger partial charge in [-0.05, 0) is 56.5 Å². The molecule has 0 radical (unpaired) electrons. The highest BCUT2D eigenvalue weighted by Gasteiger charge is 2.36. The maximum absolute atomic E-state index is 13.9. The number of sulfone groups is 1. The van der Waals surface area contributed by atoms with Gasteiger partial charge in [-0.2, -0.15) is 0 Å². The maximum atomic E-state index is 13.9. The summed E-state index contributed by atoms with van der Waals surface area (Å²) in [5.41, 5.74) is 3.78. The first kappa shape index (κ1) is 30.2. The van der Waals surface area contributed by atoms with Crippen molar-refractivity contribution in [1.82, 2.24) is 29.7 Å². The molecule has 0 aliphatic rings. The lowest BCUT2D eigenvalue weighted by Crippen LogP contribution is -2.33. The number of nitrogens with zero attached hydrogens (tertiary/aromatic N) is 6. The summed E-state index contributed by atoms with van der Waals surface area (Å²) in [7, 11) is -2.45. The van der Waals surface area contributed by atoms with Gasteiger partial charge in [-0.25, -0.2) is 18.4 Å². The smallest absolute Gasteiger partial charge is 0.170 e. The van der Waals surface area contributed by atoms with Crippen molar-refractivity contribution in [3.63, 3.8) is 0 Å². The summed E-state index contributed by atoms with van der Waals surface area (Å²) in [6.07, 6.45) is 4.16. The van der Waals surface area contributed by atoms with Crippen LogP contribution in [0.4, 0.5) is 0 Å². The highest BCUT2D eigenvalue weighted by molar-refractivity contribution is 7.91. The topological polar surface area (TPSA) is 162 Å². The summed E-state index contributed by atoms with van der Waals surface area (Å²) < 4.78 is 41.0. The van der Waals surface area contributed by atoms with Crippen LogP contribution in [0.3, 0.4) is 0 Å². The lowest BCUT2D eigenvalue weighted by atomic mass is 10.1. The first-order valence-corrected chi connectivity index (χ1v) is 14.7. The molecular weight excluding hydrogens is 548 g/mol. The molecule has 12 nitrogen and oxygen atoms in total. The van der Waals surface area contributed by atoms with Crippen molar-refractivity contribution in [2.75, 3.05) is 20.3 Å². The Labute approximate surface area is 239 Å². The Morgan fingerprint density at radius 1 is 1.02 bits per heavy atom. The zero-order valence-corrected chi connectivity index (χ0v) is 24.4. The molecule has 3 aromatic heterocycles. The predicted octanol–water partition coefficient (Wildman–Crippen LogP) is 2.47. The van der Waals surface area contributed by atoms with Crippen molar-refractivity contribution in [1.29, 1.82) is 0 Å². The number of hydrogen-bond donors (Lipinski definition) is 2. The minimum atomic E-state index is -3.99. The normalized spacial score (nSPS) is 14.0. The summed E-state index contributed by atoms with van der Waals surface area (Å²) in [6, 6.07) is 7.41. The van der Waals surface area contributed by atoms with Gasteiger partial charge in [0, 0.05) is 30.4 Å². The number of rotatable bonds is 12. The number of aromatic nitrogens is 6. The number of methoxy groups -OCH3 is 1. The first-order chi connectivity index (χ1) is 19.6. The second-order valence-corrected chi connectivity index (χ2v) is 12.2. The van der Waals surface area contributed by atoms with Gasteiger partial charge in [0.2, 0.25) is 0 Å². The molecule has 41 heavy (non-hydrogen) atoms. The van der Waals surface area contributed by atoms with E-state index in [1.54, 1.807) is 42.5 Å². The average molecular weight is 583 g/mol. The van der Waals surface area contributed by atoms with E-state index in [4.69, 9.17) is 9.47 Å². The average Bonchev–Trinajstić information content (AvgIpc) is 3.35. The number of aliphatic hydroxyl groups excluding tert-OH is 2. The molecule has 1 aromatic carbocycles. The zero-order chi connectivity index (χ0) is 29.7. The first-order valence-electron chi connectivity index (χ1n) is 13.0. The molecule has 2 N–H and O–H groups in total. The molecular formula is C28H34N6O6S. The van der Waals surface area contributed by atoms with Crippen LogP contribution in [0, 0.1) is 20.8 Å². The molecule has 4 aromatic rings. The minimum absolute atomic E-state index is 0.144. The largest absolute Gasteiger partial charge is 0.495 e. The Morgan fingerprint density at radius 3 is 2.41 bits per heavy atom. The van der Waals surface area contributed by atoms with E-state index in [0.717, 1.165) is 16.7 Å². The Morgan fingerprint density at radius 2 is 1.76 bits per heavy atom. The van der Waals surface area contributed by atoms with Crippen LogP contribution in [0.2, 0.25) is 0 Å². The number of ether oxygens (including phenoxy) is 2. The molecule has 3 atom stereocenters. The molecule has 4 rings (SSSR count). The third-order valence-electron chi connectivity index (χ3n) is 6.56. The van der Waals surface area contributed by atoms with E-state index in [0.29, 0.717) is 22.8 Å². The second-order valence-electron chi connectivity index (χ2n) is 9.87. The highest BCUT2D eigenvalue weighted by atomic mass is 32.2. The van der Waals surface area contributed by atoms with Gasteiger partial charge in [0.15, 0.2) is 27.3 Å². The SMILES string of the molecule is COc1cccc(C)c1-n1c(CS(=O)(=O)[C@H](C)[C@H](OC[C@@H](O)CO)c2ncc(C)cn2)nnc1-c1cncc(C)c1. The molecule has 0 bridgehead atoms. The summed E-state index contributed by atoms with van der Waals surface area (Å²) in [6.45, 7) is 6.25. The van der Waals surface area contributed by atoms with E-state index in [2.05, 4.69) is 25.1 Å². The highest BCUT2D eigenvalue weighted by Crippen LogP contribution is 2.33. The van der Waals surface area contributed by atoms with Gasteiger partial charge >= 0.3 is 0 Å². The standard InChI is InChI=1S/C28H34N6O6S/c1-17-9-21(13-29-10-17)28-33-32-24(34(28)25-19(3)7-6-8-23(25)39-5)16-41(37,38)20(4)26(40-15-22(36)14-35)27-30-11-18(2)12-31-27/h6-13,20,22,26,35-36H,14-16H2,1-5H3/t20-,22+,26+/m1/s1. The van der Waals surface area contributed by atoms with Crippen molar-refractivity contribution >= 4 is 9.84 Å². The number of hydrogen-bond acceptors (Lipinski definition) is 11. The van der Waals surface area contributed by atoms with Crippen LogP contribution in [0.1, 0.15) is 41.4 Å². The van der Waals surface area contributed by atoms with Crippen LogP contribution in [0.25, 0.3) is 17.1 Å². The summed E-state index contributed by atoms with van der Waals surface area (Å²) in [5, 5.41) is 26.7. The quantitative estimate of drug-likeness (QED) is 0.252. The van der Waals surface area contributed by atoms with E-state index in [-0.39, 0.29) is 18.3 Å². The van der Waals surface area contributed by atoms with Crippen LogP contribution in [0.15, 0.2) is 49.1 Å². The number of pyridine rings is 1. The third-order valence-corrected chi connectivity index (χ3v) is 8.61. The summed E-state index contributed by atoms with van der Waals surface area (Å²) in [5.74, 6) is 0.745. The number of aryl methyl sites for hydroxylation is 3. The Balaban J connectivity index is 1.80. The van der Waals surface area contributed by atoms with E-state index >= 15 is 0 Å². The van der Waals surface area contributed by atoms with E-state index in [1.165, 1.54) is 6.92 Å². The molecule has 0 aliphatic heterocycles. The Kier molecular flexibility index (Phi) is 9.43. The van der Waals surface area contributed by atoms with E-state index < -0.39 is 39.7 Å². The molecule has 0 fully saturated rings. The molecule has 218 valence electrons. The molecule has 0 saturated carbocycles.